The van der Waals surface area contributed by atoms with Crippen LogP contribution in [0.15, 0.2) is 42.5 Å². The molecule has 0 saturated heterocycles. The Morgan fingerprint density at radius 3 is 1.88 bits per heavy atom. The summed E-state index contributed by atoms with van der Waals surface area (Å²) in [5.74, 6) is 0. The van der Waals surface area contributed by atoms with E-state index in [9.17, 15) is 0 Å². The number of aliphatic hydroxyl groups is 1. The molecule has 1 N–H and O–H groups in total. The fraction of sp³-hybridized carbons (Fsp3) is 0.0769. The van der Waals surface area contributed by atoms with E-state index in [1.165, 1.54) is 0 Å². The Labute approximate surface area is 104 Å². The molecule has 1 nitrogen and oxygen atoms in total. The van der Waals surface area contributed by atoms with Gasteiger partial charge in [-0.25, -0.2) is 0 Å². The average Bonchev–Trinajstić information content (AvgIpc) is 2.28. The van der Waals surface area contributed by atoms with Crippen LogP contribution in [-0.4, -0.2) is 5.11 Å². The molecule has 0 aliphatic carbocycles. The zero-order valence-electron chi connectivity index (χ0n) is 8.45. The van der Waals surface area contributed by atoms with Crippen LogP contribution < -0.4 is 0 Å². The molecule has 2 aromatic rings. The molecule has 0 saturated carbocycles. The second kappa shape index (κ2) is 4.88. The van der Waals surface area contributed by atoms with E-state index in [1.807, 2.05) is 36.4 Å². The van der Waals surface area contributed by atoms with Crippen LogP contribution >= 0.6 is 23.2 Å². The monoisotopic (exact) mass is 252 g/mol. The van der Waals surface area contributed by atoms with Crippen LogP contribution in [0.3, 0.4) is 0 Å². The first-order chi connectivity index (χ1) is 7.69. The Hall–Kier alpha value is -1.02. The van der Waals surface area contributed by atoms with Crippen molar-refractivity contribution in [2.45, 2.75) is 6.61 Å². The van der Waals surface area contributed by atoms with Crippen molar-refractivity contribution < 1.29 is 5.11 Å². The third kappa shape index (κ3) is 2.56. The van der Waals surface area contributed by atoms with Crippen molar-refractivity contribution in [3.63, 3.8) is 0 Å². The predicted octanol–water partition coefficient (Wildman–Crippen LogP) is 4.15. The maximum Gasteiger partial charge on any atom is 0.0681 e. The number of benzene rings is 2. The number of hydrogen-bond donors (Lipinski definition) is 1. The van der Waals surface area contributed by atoms with Crippen LogP contribution in [0, 0.1) is 0 Å². The molecule has 0 spiro atoms. The standard InChI is InChI=1S/C13H10Cl2O/c14-12-5-11(6-13(15)7-12)10-3-1-9(8-16)2-4-10/h1-7,16H,8H2. The lowest BCUT2D eigenvalue weighted by Gasteiger charge is -2.04. The smallest absolute Gasteiger partial charge is 0.0681 e. The molecule has 0 amide bonds. The van der Waals surface area contributed by atoms with Gasteiger partial charge >= 0.3 is 0 Å². The Kier molecular flexibility index (Phi) is 3.49. The van der Waals surface area contributed by atoms with Crippen molar-refractivity contribution in [3.05, 3.63) is 58.1 Å². The first-order valence-corrected chi connectivity index (χ1v) is 5.61. The number of aliphatic hydroxyl groups excluding tert-OH is 1. The van der Waals surface area contributed by atoms with Gasteiger partial charge in [0.15, 0.2) is 0 Å². The molecule has 0 heterocycles. The SMILES string of the molecule is OCc1ccc(-c2cc(Cl)cc(Cl)c2)cc1. The van der Waals surface area contributed by atoms with Crippen LogP contribution in [-0.2, 0) is 6.61 Å². The second-order valence-corrected chi connectivity index (χ2v) is 4.39. The van der Waals surface area contributed by atoms with Gasteiger partial charge in [0.2, 0.25) is 0 Å². The lowest BCUT2D eigenvalue weighted by Crippen LogP contribution is -1.83. The fourth-order valence-electron chi connectivity index (χ4n) is 1.52. The Balaban J connectivity index is 2.42. The summed E-state index contributed by atoms with van der Waals surface area (Å²) in [5.41, 5.74) is 2.89. The molecule has 2 aromatic carbocycles. The van der Waals surface area contributed by atoms with Crippen molar-refractivity contribution >= 4 is 23.2 Å². The predicted molar refractivity (Wildman–Crippen MR) is 67.8 cm³/mol. The minimum Gasteiger partial charge on any atom is -0.392 e. The summed E-state index contributed by atoms with van der Waals surface area (Å²) < 4.78 is 0. The number of halogens is 2. The van der Waals surface area contributed by atoms with E-state index in [2.05, 4.69) is 0 Å². The van der Waals surface area contributed by atoms with Gasteiger partial charge in [0.05, 0.1) is 6.61 Å². The minimum absolute atomic E-state index is 0.0522. The quantitative estimate of drug-likeness (QED) is 0.852. The lowest BCUT2D eigenvalue weighted by atomic mass is 10.0. The second-order valence-electron chi connectivity index (χ2n) is 3.51. The molecular weight excluding hydrogens is 243 g/mol. The van der Waals surface area contributed by atoms with Gasteiger partial charge in [0.1, 0.15) is 0 Å². The molecule has 16 heavy (non-hydrogen) atoms. The third-order valence-corrected chi connectivity index (χ3v) is 2.77. The van der Waals surface area contributed by atoms with Crippen LogP contribution in [0.5, 0.6) is 0 Å². The maximum absolute atomic E-state index is 8.95. The molecule has 0 aromatic heterocycles. The van der Waals surface area contributed by atoms with Gasteiger partial charge in [0.25, 0.3) is 0 Å². The van der Waals surface area contributed by atoms with E-state index in [1.54, 1.807) is 6.07 Å². The van der Waals surface area contributed by atoms with Crippen LogP contribution in [0.1, 0.15) is 5.56 Å². The summed E-state index contributed by atoms with van der Waals surface area (Å²) in [6, 6.07) is 13.1. The number of rotatable bonds is 2. The lowest BCUT2D eigenvalue weighted by molar-refractivity contribution is 0.282. The van der Waals surface area contributed by atoms with Crippen LogP contribution in [0.4, 0.5) is 0 Å². The number of hydrogen-bond acceptors (Lipinski definition) is 1. The zero-order chi connectivity index (χ0) is 11.5. The minimum atomic E-state index is 0.0522. The Bertz CT molecular complexity index is 472. The van der Waals surface area contributed by atoms with Crippen LogP contribution in [0.25, 0.3) is 11.1 Å². The largest absolute Gasteiger partial charge is 0.392 e. The van der Waals surface area contributed by atoms with Gasteiger partial charge in [-0.15, -0.1) is 0 Å². The summed E-state index contributed by atoms with van der Waals surface area (Å²) in [4.78, 5) is 0. The highest BCUT2D eigenvalue weighted by atomic mass is 35.5. The van der Waals surface area contributed by atoms with E-state index in [4.69, 9.17) is 28.3 Å². The third-order valence-electron chi connectivity index (χ3n) is 2.33. The van der Waals surface area contributed by atoms with Gasteiger partial charge in [-0.3, -0.25) is 0 Å². The maximum atomic E-state index is 8.95. The normalized spacial score (nSPS) is 10.4. The molecule has 0 aliphatic rings. The van der Waals surface area contributed by atoms with Crippen molar-refractivity contribution in [2.24, 2.45) is 0 Å². The zero-order valence-corrected chi connectivity index (χ0v) is 9.96. The van der Waals surface area contributed by atoms with E-state index in [0.717, 1.165) is 16.7 Å². The highest BCUT2D eigenvalue weighted by Crippen LogP contribution is 2.27. The summed E-state index contributed by atoms with van der Waals surface area (Å²) in [6.45, 7) is 0.0522. The molecule has 2 rings (SSSR count). The summed E-state index contributed by atoms with van der Waals surface area (Å²) in [5, 5.41) is 10.2. The summed E-state index contributed by atoms with van der Waals surface area (Å²) in [7, 11) is 0. The van der Waals surface area contributed by atoms with Gasteiger partial charge in [-0.2, -0.15) is 0 Å². The summed E-state index contributed by atoms with van der Waals surface area (Å²) >= 11 is 11.9. The van der Waals surface area contributed by atoms with E-state index >= 15 is 0 Å². The van der Waals surface area contributed by atoms with Gasteiger partial charge < -0.3 is 5.11 Å². The fourth-order valence-corrected chi connectivity index (χ4v) is 2.05. The molecular formula is C13H10Cl2O. The van der Waals surface area contributed by atoms with Gasteiger partial charge in [0, 0.05) is 10.0 Å². The van der Waals surface area contributed by atoms with Gasteiger partial charge in [-0.05, 0) is 34.9 Å². The van der Waals surface area contributed by atoms with E-state index < -0.39 is 0 Å². The molecule has 82 valence electrons. The molecule has 0 radical (unpaired) electrons. The highest BCUT2D eigenvalue weighted by molar-refractivity contribution is 6.35. The van der Waals surface area contributed by atoms with Crippen molar-refractivity contribution in [2.75, 3.05) is 0 Å². The Morgan fingerprint density at radius 1 is 0.812 bits per heavy atom. The van der Waals surface area contributed by atoms with Gasteiger partial charge in [-0.1, -0.05) is 47.5 Å². The molecule has 0 unspecified atom stereocenters. The highest BCUT2D eigenvalue weighted by Gasteiger charge is 2.01. The van der Waals surface area contributed by atoms with Crippen molar-refractivity contribution in [3.8, 4) is 11.1 Å². The van der Waals surface area contributed by atoms with Crippen molar-refractivity contribution in [1.29, 1.82) is 0 Å². The molecule has 0 aliphatic heterocycles. The van der Waals surface area contributed by atoms with Crippen molar-refractivity contribution in [1.82, 2.24) is 0 Å². The van der Waals surface area contributed by atoms with E-state index in [0.29, 0.717) is 10.0 Å². The van der Waals surface area contributed by atoms with Crippen LogP contribution in [0.2, 0.25) is 10.0 Å². The summed E-state index contributed by atoms with van der Waals surface area (Å²) in [6.07, 6.45) is 0. The molecule has 0 atom stereocenters. The van der Waals surface area contributed by atoms with E-state index in [-0.39, 0.29) is 6.61 Å². The first kappa shape index (κ1) is 11.5. The molecule has 3 heteroatoms. The molecule has 0 fully saturated rings. The molecule has 0 bridgehead atoms. The first-order valence-electron chi connectivity index (χ1n) is 4.85. The Morgan fingerprint density at radius 2 is 1.38 bits per heavy atom. The average molecular weight is 253 g/mol. The topological polar surface area (TPSA) is 20.2 Å².